The molecule has 0 aliphatic carbocycles. The highest BCUT2D eigenvalue weighted by molar-refractivity contribution is 6.55. The summed E-state index contributed by atoms with van der Waals surface area (Å²) in [4.78, 5) is 0. The first-order chi connectivity index (χ1) is 10.5. The number of rotatable bonds is 15. The Labute approximate surface area is 143 Å². The average Bonchev–Trinajstić information content (AvgIpc) is 2.46. The van der Waals surface area contributed by atoms with Crippen molar-refractivity contribution in [2.45, 2.75) is 129 Å². The fourth-order valence-corrected chi connectivity index (χ4v) is 5.61. The van der Waals surface area contributed by atoms with Crippen LogP contribution in [0.2, 0.25) is 11.1 Å². The van der Waals surface area contributed by atoms with Crippen LogP contribution in [-0.4, -0.2) is 15.1 Å². The van der Waals surface area contributed by atoms with Gasteiger partial charge in [0.15, 0.2) is 0 Å². The summed E-state index contributed by atoms with van der Waals surface area (Å²) in [6, 6.07) is 0. The molecule has 22 heavy (non-hydrogen) atoms. The highest BCUT2D eigenvalue weighted by atomic mass is 28.3. The van der Waals surface area contributed by atoms with Crippen LogP contribution in [0.5, 0.6) is 0 Å². The summed E-state index contributed by atoms with van der Waals surface area (Å²) in [7, 11) is -0.639. The number of hydrogen-bond acceptors (Lipinski definition) is 1. The van der Waals surface area contributed by atoms with E-state index in [2.05, 4.69) is 41.5 Å². The van der Waals surface area contributed by atoms with Gasteiger partial charge in [0.25, 0.3) is 0 Å². The molecule has 0 aromatic heterocycles. The SMILES string of the molecule is CCCCCCCCCCCCC(C)O[Si](C(C)C)C(C)C. The van der Waals surface area contributed by atoms with E-state index in [4.69, 9.17) is 4.43 Å². The fourth-order valence-electron chi connectivity index (χ4n) is 3.15. The lowest BCUT2D eigenvalue weighted by atomic mass is 10.1. The number of unbranched alkanes of at least 4 members (excludes halogenated alkanes) is 9. The van der Waals surface area contributed by atoms with Crippen molar-refractivity contribution in [3.8, 4) is 0 Å². The van der Waals surface area contributed by atoms with E-state index in [1.165, 1.54) is 70.6 Å². The van der Waals surface area contributed by atoms with Gasteiger partial charge in [-0.3, -0.25) is 0 Å². The van der Waals surface area contributed by atoms with Gasteiger partial charge in [-0.25, -0.2) is 0 Å². The van der Waals surface area contributed by atoms with E-state index in [1.807, 2.05) is 0 Å². The first-order valence-corrected chi connectivity index (χ1v) is 11.6. The lowest BCUT2D eigenvalue weighted by Crippen LogP contribution is -2.29. The zero-order valence-corrected chi connectivity index (χ0v) is 17.4. The Morgan fingerprint density at radius 3 is 1.45 bits per heavy atom. The maximum Gasteiger partial charge on any atom is 0.217 e. The topological polar surface area (TPSA) is 9.23 Å². The maximum absolute atomic E-state index is 6.36. The first-order valence-electron chi connectivity index (χ1n) is 10.0. The van der Waals surface area contributed by atoms with E-state index >= 15 is 0 Å². The molecule has 1 radical (unpaired) electrons. The smallest absolute Gasteiger partial charge is 0.217 e. The molecule has 0 amide bonds. The predicted molar refractivity (Wildman–Crippen MR) is 103 cm³/mol. The van der Waals surface area contributed by atoms with Gasteiger partial charge in [-0.1, -0.05) is 98.8 Å². The van der Waals surface area contributed by atoms with E-state index in [0.29, 0.717) is 6.10 Å². The molecule has 0 saturated carbocycles. The molecule has 0 fully saturated rings. The predicted octanol–water partition coefficient (Wildman–Crippen LogP) is 7.51. The van der Waals surface area contributed by atoms with Gasteiger partial charge in [-0.15, -0.1) is 0 Å². The molecule has 0 aromatic rings. The van der Waals surface area contributed by atoms with E-state index in [0.717, 1.165) is 11.1 Å². The molecule has 0 N–H and O–H groups in total. The molecule has 1 nitrogen and oxygen atoms in total. The summed E-state index contributed by atoms with van der Waals surface area (Å²) in [5.41, 5.74) is 1.44. The van der Waals surface area contributed by atoms with Crippen LogP contribution in [0.15, 0.2) is 0 Å². The van der Waals surface area contributed by atoms with E-state index in [9.17, 15) is 0 Å². The van der Waals surface area contributed by atoms with Gasteiger partial charge in [0.2, 0.25) is 9.04 Å². The Morgan fingerprint density at radius 1 is 0.636 bits per heavy atom. The summed E-state index contributed by atoms with van der Waals surface area (Å²) in [5, 5.41) is 0. The van der Waals surface area contributed by atoms with Crippen molar-refractivity contribution < 1.29 is 4.43 Å². The van der Waals surface area contributed by atoms with Crippen LogP contribution in [0.25, 0.3) is 0 Å². The Bertz CT molecular complexity index is 220. The van der Waals surface area contributed by atoms with Crippen LogP contribution < -0.4 is 0 Å². The molecule has 1 atom stereocenters. The fraction of sp³-hybridized carbons (Fsp3) is 1.00. The third kappa shape index (κ3) is 12.7. The molecule has 0 rings (SSSR count). The Hall–Kier alpha value is 0.177. The van der Waals surface area contributed by atoms with Gasteiger partial charge in [0, 0.05) is 6.10 Å². The third-order valence-electron chi connectivity index (χ3n) is 4.44. The molecule has 2 heteroatoms. The second-order valence-electron chi connectivity index (χ2n) is 7.61. The van der Waals surface area contributed by atoms with Crippen molar-refractivity contribution in [3.63, 3.8) is 0 Å². The molecule has 0 aromatic carbocycles. The minimum absolute atomic E-state index is 0.465. The van der Waals surface area contributed by atoms with Crippen molar-refractivity contribution in [1.82, 2.24) is 0 Å². The van der Waals surface area contributed by atoms with E-state index < -0.39 is 9.04 Å². The zero-order chi connectivity index (χ0) is 16.8. The summed E-state index contributed by atoms with van der Waals surface area (Å²) < 4.78 is 6.36. The van der Waals surface area contributed by atoms with Gasteiger partial charge < -0.3 is 4.43 Å². The van der Waals surface area contributed by atoms with Crippen molar-refractivity contribution in [1.29, 1.82) is 0 Å². The normalized spacial score (nSPS) is 13.5. The molecule has 0 aliphatic heterocycles. The minimum Gasteiger partial charge on any atom is -0.413 e. The first kappa shape index (κ1) is 22.2. The quantitative estimate of drug-likeness (QED) is 0.223. The van der Waals surface area contributed by atoms with Crippen molar-refractivity contribution in [2.75, 3.05) is 0 Å². The van der Waals surface area contributed by atoms with Crippen LogP contribution >= 0.6 is 0 Å². The average molecular weight is 328 g/mol. The minimum atomic E-state index is -0.639. The van der Waals surface area contributed by atoms with Crippen LogP contribution in [0.4, 0.5) is 0 Å². The van der Waals surface area contributed by atoms with Crippen LogP contribution in [-0.2, 0) is 4.43 Å². The summed E-state index contributed by atoms with van der Waals surface area (Å²) in [5.74, 6) is 0. The summed E-state index contributed by atoms with van der Waals surface area (Å²) in [6.45, 7) is 13.9. The molecule has 0 heterocycles. The van der Waals surface area contributed by atoms with E-state index in [1.54, 1.807) is 0 Å². The maximum atomic E-state index is 6.36. The van der Waals surface area contributed by atoms with Gasteiger partial charge in [-0.2, -0.15) is 0 Å². The highest BCUT2D eigenvalue weighted by Gasteiger charge is 2.24. The Morgan fingerprint density at radius 2 is 1.05 bits per heavy atom. The second kappa shape index (κ2) is 14.7. The standard InChI is InChI=1S/C20H43OSi/c1-7-8-9-10-11-12-13-14-15-16-17-20(6)21-22(18(2)3)19(4)5/h18-20H,7-17H2,1-6H3. The molecule has 0 saturated heterocycles. The van der Waals surface area contributed by atoms with Crippen molar-refractivity contribution in [2.24, 2.45) is 0 Å². The lowest BCUT2D eigenvalue weighted by molar-refractivity contribution is 0.198. The van der Waals surface area contributed by atoms with Crippen molar-refractivity contribution >= 4 is 9.04 Å². The molecular formula is C20H43OSi. The Kier molecular flexibility index (Phi) is 14.9. The summed E-state index contributed by atoms with van der Waals surface area (Å²) in [6.07, 6.45) is 15.9. The molecular weight excluding hydrogens is 284 g/mol. The molecule has 133 valence electrons. The van der Waals surface area contributed by atoms with Crippen LogP contribution in [0, 0.1) is 0 Å². The third-order valence-corrected chi connectivity index (χ3v) is 7.39. The zero-order valence-electron chi connectivity index (χ0n) is 16.4. The number of hydrogen-bond donors (Lipinski definition) is 0. The summed E-state index contributed by atoms with van der Waals surface area (Å²) >= 11 is 0. The monoisotopic (exact) mass is 327 g/mol. The molecule has 1 unspecified atom stereocenters. The lowest BCUT2D eigenvalue weighted by Gasteiger charge is -2.26. The molecule has 0 bridgehead atoms. The second-order valence-corrected chi connectivity index (χ2v) is 11.0. The molecule has 0 spiro atoms. The van der Waals surface area contributed by atoms with Gasteiger partial charge in [0.05, 0.1) is 0 Å². The molecule has 0 aliphatic rings. The van der Waals surface area contributed by atoms with Crippen LogP contribution in [0.1, 0.15) is 112 Å². The van der Waals surface area contributed by atoms with E-state index in [-0.39, 0.29) is 0 Å². The van der Waals surface area contributed by atoms with Crippen LogP contribution in [0.3, 0.4) is 0 Å². The van der Waals surface area contributed by atoms with Crippen molar-refractivity contribution in [3.05, 3.63) is 0 Å². The Balaban J connectivity index is 3.47. The van der Waals surface area contributed by atoms with Gasteiger partial charge in [-0.05, 0) is 24.4 Å². The van der Waals surface area contributed by atoms with Gasteiger partial charge >= 0.3 is 0 Å². The largest absolute Gasteiger partial charge is 0.413 e. The highest BCUT2D eigenvalue weighted by Crippen LogP contribution is 2.23. The van der Waals surface area contributed by atoms with Gasteiger partial charge in [0.1, 0.15) is 0 Å².